The Kier molecular flexibility index (Phi) is 12.1. The molecule has 0 bridgehead atoms. The Balaban J connectivity index is 0.00000225. The van der Waals surface area contributed by atoms with Crippen molar-refractivity contribution in [2.75, 3.05) is 33.4 Å². The van der Waals surface area contributed by atoms with Gasteiger partial charge in [-0.15, -0.1) is 24.8 Å². The van der Waals surface area contributed by atoms with Crippen molar-refractivity contribution >= 4 is 36.3 Å². The van der Waals surface area contributed by atoms with Gasteiger partial charge in [-0.2, -0.15) is 5.26 Å². The predicted octanol–water partition coefficient (Wildman–Crippen LogP) is 4.20. The van der Waals surface area contributed by atoms with Crippen molar-refractivity contribution in [1.29, 1.82) is 5.26 Å². The first-order valence-corrected chi connectivity index (χ1v) is 10.4. The molecule has 0 aromatic heterocycles. The summed E-state index contributed by atoms with van der Waals surface area (Å²) in [6, 6.07) is 10.5. The number of benzene rings is 1. The van der Waals surface area contributed by atoms with Crippen LogP contribution in [0.3, 0.4) is 0 Å². The summed E-state index contributed by atoms with van der Waals surface area (Å²) in [6.07, 6.45) is 9.18. The first-order chi connectivity index (χ1) is 13.7. The minimum Gasteiger partial charge on any atom is -0.375 e. The highest BCUT2D eigenvalue weighted by Gasteiger charge is 2.23. The van der Waals surface area contributed by atoms with Gasteiger partial charge in [-0.05, 0) is 74.3 Å². The first-order valence-electron chi connectivity index (χ1n) is 10.4. The highest BCUT2D eigenvalue weighted by Crippen LogP contribution is 2.28. The monoisotopic (exact) mass is 453 g/mol. The van der Waals surface area contributed by atoms with Crippen LogP contribution in [0, 0.1) is 17.2 Å². The summed E-state index contributed by atoms with van der Waals surface area (Å²) in [5, 5.41) is 12.1. The number of hydrogen-bond donors (Lipinski definition) is 1. The highest BCUT2D eigenvalue weighted by molar-refractivity contribution is 5.85. The Morgan fingerprint density at radius 1 is 1.27 bits per heavy atom. The van der Waals surface area contributed by atoms with Crippen molar-refractivity contribution < 1.29 is 9.53 Å². The summed E-state index contributed by atoms with van der Waals surface area (Å²) >= 11 is 0. The van der Waals surface area contributed by atoms with E-state index in [-0.39, 0.29) is 37.3 Å². The van der Waals surface area contributed by atoms with Crippen LogP contribution in [0.5, 0.6) is 0 Å². The lowest BCUT2D eigenvalue weighted by Crippen LogP contribution is -2.39. The third-order valence-electron chi connectivity index (χ3n) is 6.00. The van der Waals surface area contributed by atoms with E-state index in [2.05, 4.69) is 28.4 Å². The van der Waals surface area contributed by atoms with E-state index in [4.69, 9.17) is 10.00 Å². The molecule has 0 spiro atoms. The molecule has 2 aliphatic rings. The summed E-state index contributed by atoms with van der Waals surface area (Å²) < 4.78 is 4.88. The third-order valence-corrected chi connectivity index (χ3v) is 6.00. The number of hydrogen-bond acceptors (Lipinski definition) is 4. The number of carbonyl (C=O) groups is 1. The van der Waals surface area contributed by atoms with Gasteiger partial charge in [0.25, 0.3) is 0 Å². The molecule has 0 radical (unpaired) electrons. The second-order valence-electron chi connectivity index (χ2n) is 7.98. The molecule has 1 N–H and O–H groups in total. The molecule has 1 aromatic rings. The lowest BCUT2D eigenvalue weighted by molar-refractivity contribution is -0.125. The van der Waals surface area contributed by atoms with Crippen LogP contribution in [-0.2, 0) is 9.53 Å². The predicted molar refractivity (Wildman–Crippen MR) is 125 cm³/mol. The molecule has 3 rings (SSSR count). The topological polar surface area (TPSA) is 65.4 Å². The van der Waals surface area contributed by atoms with Gasteiger partial charge in [0.2, 0.25) is 5.91 Å². The van der Waals surface area contributed by atoms with Gasteiger partial charge in [0.05, 0.1) is 11.6 Å². The SMILES string of the molecule is COCC(=O)NC1CCC(CCN2CC=C(c3cccc(C#N)c3)CC2)CC1.Cl.Cl. The van der Waals surface area contributed by atoms with Crippen LogP contribution in [-0.4, -0.2) is 50.2 Å². The summed E-state index contributed by atoms with van der Waals surface area (Å²) in [7, 11) is 1.55. The van der Waals surface area contributed by atoms with Crippen LogP contribution >= 0.6 is 24.8 Å². The van der Waals surface area contributed by atoms with Gasteiger partial charge in [0.1, 0.15) is 6.61 Å². The summed E-state index contributed by atoms with van der Waals surface area (Å²) in [6.45, 7) is 3.39. The molecule has 5 nitrogen and oxygen atoms in total. The zero-order valence-electron chi connectivity index (χ0n) is 17.6. The number of nitriles is 1. The van der Waals surface area contributed by atoms with Crippen LogP contribution in [0.1, 0.15) is 49.7 Å². The van der Waals surface area contributed by atoms with E-state index >= 15 is 0 Å². The van der Waals surface area contributed by atoms with Crippen LogP contribution in [0.15, 0.2) is 30.3 Å². The van der Waals surface area contributed by atoms with Crippen LogP contribution in [0.4, 0.5) is 0 Å². The Labute approximate surface area is 192 Å². The summed E-state index contributed by atoms with van der Waals surface area (Å²) in [5.41, 5.74) is 3.28. The maximum Gasteiger partial charge on any atom is 0.246 e. The number of halogens is 2. The van der Waals surface area contributed by atoms with E-state index in [9.17, 15) is 4.79 Å². The van der Waals surface area contributed by atoms with Crippen LogP contribution < -0.4 is 5.32 Å². The molecule has 1 aliphatic heterocycles. The normalized spacial score (nSPS) is 21.4. The molecular weight excluding hydrogens is 421 g/mol. The molecule has 7 heteroatoms. The Morgan fingerprint density at radius 3 is 2.67 bits per heavy atom. The molecule has 1 amide bonds. The molecule has 0 atom stereocenters. The van der Waals surface area contributed by atoms with Crippen molar-refractivity contribution in [3.8, 4) is 6.07 Å². The second-order valence-corrected chi connectivity index (χ2v) is 7.98. The number of nitrogens with zero attached hydrogens (tertiary/aromatic N) is 2. The van der Waals surface area contributed by atoms with Gasteiger partial charge >= 0.3 is 0 Å². The Hall–Kier alpha value is -1.58. The average molecular weight is 454 g/mol. The number of rotatable bonds is 7. The molecule has 0 saturated heterocycles. The van der Waals surface area contributed by atoms with Gasteiger partial charge < -0.3 is 10.1 Å². The lowest BCUT2D eigenvalue weighted by atomic mass is 9.84. The van der Waals surface area contributed by atoms with Crippen molar-refractivity contribution in [3.63, 3.8) is 0 Å². The number of carbonyl (C=O) groups excluding carboxylic acids is 1. The third kappa shape index (κ3) is 7.92. The van der Waals surface area contributed by atoms with Gasteiger partial charge in [0, 0.05) is 26.2 Å². The standard InChI is InChI=1S/C23H31N3O2.2ClH/c1-28-17-23(27)25-22-7-5-18(6-8-22)9-12-26-13-10-20(11-14-26)21-4-2-3-19(15-21)16-24;;/h2-4,10,15,18,22H,5-9,11-14,17H2,1H3,(H,25,27);2*1H. The van der Waals surface area contributed by atoms with Gasteiger partial charge in [-0.3, -0.25) is 9.69 Å². The molecule has 30 heavy (non-hydrogen) atoms. The summed E-state index contributed by atoms with van der Waals surface area (Å²) in [4.78, 5) is 14.2. The maximum atomic E-state index is 11.6. The van der Waals surface area contributed by atoms with E-state index in [1.54, 1.807) is 7.11 Å². The quantitative estimate of drug-likeness (QED) is 0.671. The molecule has 1 saturated carbocycles. The minimum atomic E-state index is 0. The van der Waals surface area contributed by atoms with Crippen molar-refractivity contribution in [2.24, 2.45) is 5.92 Å². The molecule has 1 heterocycles. The molecule has 1 aliphatic carbocycles. The number of amides is 1. The number of methoxy groups -OCH3 is 1. The summed E-state index contributed by atoms with van der Waals surface area (Å²) in [5.74, 6) is 0.774. The molecule has 1 aromatic carbocycles. The second kappa shape index (κ2) is 13.7. The Morgan fingerprint density at radius 2 is 2.03 bits per heavy atom. The molecular formula is C23H33Cl2N3O2. The van der Waals surface area contributed by atoms with E-state index in [0.717, 1.165) is 50.4 Å². The van der Waals surface area contributed by atoms with E-state index in [1.165, 1.54) is 30.4 Å². The van der Waals surface area contributed by atoms with E-state index in [1.807, 2.05) is 18.2 Å². The highest BCUT2D eigenvalue weighted by atomic mass is 35.5. The van der Waals surface area contributed by atoms with Crippen LogP contribution in [0.25, 0.3) is 5.57 Å². The molecule has 166 valence electrons. The van der Waals surface area contributed by atoms with Gasteiger partial charge in [-0.1, -0.05) is 18.2 Å². The fourth-order valence-corrected chi connectivity index (χ4v) is 4.33. The zero-order valence-corrected chi connectivity index (χ0v) is 19.3. The maximum absolute atomic E-state index is 11.6. The van der Waals surface area contributed by atoms with E-state index in [0.29, 0.717) is 6.04 Å². The van der Waals surface area contributed by atoms with Crippen molar-refractivity contribution in [2.45, 2.75) is 44.6 Å². The number of ether oxygens (including phenoxy) is 1. The minimum absolute atomic E-state index is 0. The molecule has 1 fully saturated rings. The smallest absolute Gasteiger partial charge is 0.246 e. The zero-order chi connectivity index (χ0) is 19.8. The first kappa shape index (κ1) is 26.5. The fraction of sp³-hybridized carbons (Fsp3) is 0.565. The van der Waals surface area contributed by atoms with Crippen molar-refractivity contribution in [3.05, 3.63) is 41.5 Å². The lowest BCUT2D eigenvalue weighted by Gasteiger charge is -2.32. The van der Waals surface area contributed by atoms with Gasteiger partial charge in [0.15, 0.2) is 0 Å². The average Bonchev–Trinajstić information content (AvgIpc) is 2.74. The Bertz CT molecular complexity index is 740. The fourth-order valence-electron chi connectivity index (χ4n) is 4.33. The van der Waals surface area contributed by atoms with Crippen LogP contribution in [0.2, 0.25) is 0 Å². The van der Waals surface area contributed by atoms with E-state index < -0.39 is 0 Å². The number of nitrogens with one attached hydrogen (secondary N) is 1. The van der Waals surface area contributed by atoms with Crippen molar-refractivity contribution in [1.82, 2.24) is 10.2 Å². The largest absolute Gasteiger partial charge is 0.375 e. The van der Waals surface area contributed by atoms with Gasteiger partial charge in [-0.25, -0.2) is 0 Å². The molecule has 0 unspecified atom stereocenters.